The number of benzene rings is 1. The van der Waals surface area contributed by atoms with E-state index in [-0.39, 0.29) is 0 Å². The quantitative estimate of drug-likeness (QED) is 0.438. The molecule has 0 spiro atoms. The molecule has 0 aliphatic carbocycles. The second-order valence-electron chi connectivity index (χ2n) is 8.41. The number of aliphatic imine (C=N–C) groups is 1. The maximum Gasteiger partial charge on any atom is 0.191 e. The number of hydrogen-bond acceptors (Lipinski definition) is 5. The van der Waals surface area contributed by atoms with Gasteiger partial charge in [-0.3, -0.25) is 4.90 Å². The molecule has 1 aromatic rings. The smallest absolute Gasteiger partial charge is 0.191 e. The number of ether oxygens (including phenoxy) is 2. The van der Waals surface area contributed by atoms with Gasteiger partial charge < -0.3 is 25.0 Å². The van der Waals surface area contributed by atoms with Gasteiger partial charge in [0.1, 0.15) is 12.4 Å². The highest BCUT2D eigenvalue weighted by Crippen LogP contribution is 2.15. The van der Waals surface area contributed by atoms with Crippen LogP contribution in [0.25, 0.3) is 0 Å². The van der Waals surface area contributed by atoms with Gasteiger partial charge in [0.2, 0.25) is 0 Å². The van der Waals surface area contributed by atoms with Crippen LogP contribution >= 0.6 is 0 Å². The fourth-order valence-corrected chi connectivity index (χ4v) is 4.15. The van der Waals surface area contributed by atoms with Crippen LogP contribution in [0.3, 0.4) is 0 Å². The van der Waals surface area contributed by atoms with Crippen LogP contribution in [0.4, 0.5) is 0 Å². The van der Waals surface area contributed by atoms with Crippen LogP contribution < -0.4 is 15.4 Å². The molecule has 0 amide bonds. The normalized spacial score (nSPS) is 19.4. The van der Waals surface area contributed by atoms with E-state index in [0.717, 1.165) is 51.1 Å². The van der Waals surface area contributed by atoms with Crippen molar-refractivity contribution in [3.8, 4) is 5.75 Å². The van der Waals surface area contributed by atoms with E-state index in [2.05, 4.69) is 52.5 Å². The lowest BCUT2D eigenvalue weighted by atomic mass is 10.1. The molecular weight excluding hydrogens is 390 g/mol. The zero-order valence-electron chi connectivity index (χ0n) is 19.4. The monoisotopic (exact) mass is 431 g/mol. The lowest BCUT2D eigenvalue weighted by Crippen LogP contribution is -2.48. The van der Waals surface area contributed by atoms with Crippen LogP contribution in [0.15, 0.2) is 29.3 Å². The Bertz CT molecular complexity index is 655. The Hall–Kier alpha value is -1.83. The number of piperidine rings is 1. The van der Waals surface area contributed by atoms with E-state index >= 15 is 0 Å². The predicted molar refractivity (Wildman–Crippen MR) is 127 cm³/mol. The summed E-state index contributed by atoms with van der Waals surface area (Å²) in [5, 5.41) is 7.04. The number of hydrogen-bond donors (Lipinski definition) is 2. The number of nitrogens with one attached hydrogen (secondary N) is 2. The average Bonchev–Trinajstić information content (AvgIpc) is 2.80. The highest BCUT2D eigenvalue weighted by Gasteiger charge is 2.19. The minimum atomic E-state index is 0.501. The van der Waals surface area contributed by atoms with Crippen LogP contribution in [0.2, 0.25) is 0 Å². The van der Waals surface area contributed by atoms with E-state index in [9.17, 15) is 0 Å². The molecule has 0 saturated carbocycles. The van der Waals surface area contributed by atoms with Gasteiger partial charge in [-0.2, -0.15) is 0 Å². The topological polar surface area (TPSA) is 61.4 Å². The highest BCUT2D eigenvalue weighted by atomic mass is 16.5. The summed E-state index contributed by atoms with van der Waals surface area (Å²) in [5.74, 6) is 1.83. The van der Waals surface area contributed by atoms with E-state index < -0.39 is 0 Å². The molecule has 2 fully saturated rings. The highest BCUT2D eigenvalue weighted by molar-refractivity contribution is 5.80. The average molecular weight is 432 g/mol. The molecule has 7 heteroatoms. The maximum atomic E-state index is 5.99. The molecule has 31 heavy (non-hydrogen) atoms. The van der Waals surface area contributed by atoms with Crippen molar-refractivity contribution in [1.82, 2.24) is 20.4 Å². The number of guanidine groups is 1. The van der Waals surface area contributed by atoms with Crippen molar-refractivity contribution in [2.45, 2.75) is 45.7 Å². The van der Waals surface area contributed by atoms with E-state index in [1.807, 2.05) is 6.07 Å². The standard InChI is InChI=1S/C24H41N5O2/c1-3-10-28-11-8-22(9-12-28)27-24(25-4-2)26-20-21-6-5-7-23(19-21)31-18-15-29-13-16-30-17-14-29/h5-7,19,22H,3-4,8-18,20H2,1-2H3,(H2,25,26,27). The SMILES string of the molecule is CCCN1CCC(NC(=NCc2cccc(OCCN3CCOCC3)c2)NCC)CC1. The molecule has 174 valence electrons. The van der Waals surface area contributed by atoms with Crippen LogP contribution in [0.1, 0.15) is 38.7 Å². The molecule has 0 unspecified atom stereocenters. The first-order valence-electron chi connectivity index (χ1n) is 12.1. The molecule has 2 heterocycles. The van der Waals surface area contributed by atoms with Gasteiger partial charge in [-0.05, 0) is 50.4 Å². The first-order chi connectivity index (χ1) is 15.3. The number of likely N-dealkylation sites (tertiary alicyclic amines) is 1. The fraction of sp³-hybridized carbons (Fsp3) is 0.708. The summed E-state index contributed by atoms with van der Waals surface area (Å²) < 4.78 is 11.4. The third kappa shape index (κ3) is 8.67. The summed E-state index contributed by atoms with van der Waals surface area (Å²) in [7, 11) is 0. The summed E-state index contributed by atoms with van der Waals surface area (Å²) in [6, 6.07) is 8.81. The van der Waals surface area contributed by atoms with Gasteiger partial charge in [0.25, 0.3) is 0 Å². The molecule has 3 rings (SSSR count). The molecule has 0 atom stereocenters. The van der Waals surface area contributed by atoms with Crippen molar-refractivity contribution >= 4 is 5.96 Å². The van der Waals surface area contributed by atoms with Crippen LogP contribution in [-0.4, -0.2) is 87.4 Å². The molecular formula is C24H41N5O2. The van der Waals surface area contributed by atoms with Gasteiger partial charge in [0, 0.05) is 45.3 Å². The van der Waals surface area contributed by atoms with Gasteiger partial charge in [-0.15, -0.1) is 0 Å². The first kappa shape index (κ1) is 23.8. The summed E-state index contributed by atoms with van der Waals surface area (Å²) in [4.78, 5) is 9.78. The molecule has 2 aliphatic heterocycles. The Morgan fingerprint density at radius 2 is 1.87 bits per heavy atom. The van der Waals surface area contributed by atoms with Crippen LogP contribution in [0, 0.1) is 0 Å². The Morgan fingerprint density at radius 1 is 1.10 bits per heavy atom. The molecule has 2 N–H and O–H groups in total. The second-order valence-corrected chi connectivity index (χ2v) is 8.41. The predicted octanol–water partition coefficient (Wildman–Crippen LogP) is 2.33. The molecule has 1 aromatic carbocycles. The Labute approximate surface area is 188 Å². The zero-order chi connectivity index (χ0) is 21.7. The molecule has 0 radical (unpaired) electrons. The lowest BCUT2D eigenvalue weighted by molar-refractivity contribution is 0.0322. The Balaban J connectivity index is 1.45. The van der Waals surface area contributed by atoms with Gasteiger partial charge in [-0.25, -0.2) is 4.99 Å². The van der Waals surface area contributed by atoms with Gasteiger partial charge in [0.05, 0.1) is 19.8 Å². The van der Waals surface area contributed by atoms with Crippen molar-refractivity contribution in [3.63, 3.8) is 0 Å². The molecule has 2 saturated heterocycles. The van der Waals surface area contributed by atoms with Crippen molar-refractivity contribution in [2.75, 3.05) is 65.6 Å². The fourth-order valence-electron chi connectivity index (χ4n) is 4.15. The second kappa shape index (κ2) is 13.6. The minimum Gasteiger partial charge on any atom is -0.492 e. The van der Waals surface area contributed by atoms with E-state index in [0.29, 0.717) is 19.2 Å². The maximum absolute atomic E-state index is 5.99. The number of rotatable bonds is 10. The van der Waals surface area contributed by atoms with Crippen LogP contribution in [0.5, 0.6) is 5.75 Å². The van der Waals surface area contributed by atoms with Crippen LogP contribution in [-0.2, 0) is 11.3 Å². The molecule has 7 nitrogen and oxygen atoms in total. The van der Waals surface area contributed by atoms with E-state index in [1.165, 1.54) is 44.5 Å². The van der Waals surface area contributed by atoms with E-state index in [4.69, 9.17) is 14.5 Å². The lowest BCUT2D eigenvalue weighted by Gasteiger charge is -2.32. The van der Waals surface area contributed by atoms with E-state index in [1.54, 1.807) is 0 Å². The summed E-state index contributed by atoms with van der Waals surface area (Å²) in [5.41, 5.74) is 1.17. The number of nitrogens with zero attached hydrogens (tertiary/aromatic N) is 3. The van der Waals surface area contributed by atoms with Crippen molar-refractivity contribution in [3.05, 3.63) is 29.8 Å². The van der Waals surface area contributed by atoms with Gasteiger partial charge in [0.15, 0.2) is 5.96 Å². The third-order valence-corrected chi connectivity index (χ3v) is 5.91. The van der Waals surface area contributed by atoms with Crippen molar-refractivity contribution < 1.29 is 9.47 Å². The summed E-state index contributed by atoms with van der Waals surface area (Å²) >= 11 is 0. The number of morpholine rings is 1. The van der Waals surface area contributed by atoms with Gasteiger partial charge >= 0.3 is 0 Å². The third-order valence-electron chi connectivity index (χ3n) is 5.91. The van der Waals surface area contributed by atoms with Crippen molar-refractivity contribution in [1.29, 1.82) is 0 Å². The van der Waals surface area contributed by atoms with Gasteiger partial charge in [-0.1, -0.05) is 19.1 Å². The molecule has 0 bridgehead atoms. The molecule has 0 aromatic heterocycles. The minimum absolute atomic E-state index is 0.501. The summed E-state index contributed by atoms with van der Waals surface area (Å²) in [6.45, 7) is 14.7. The first-order valence-corrected chi connectivity index (χ1v) is 12.1. The van der Waals surface area contributed by atoms with Crippen molar-refractivity contribution in [2.24, 2.45) is 4.99 Å². The Morgan fingerprint density at radius 3 is 2.61 bits per heavy atom. The largest absolute Gasteiger partial charge is 0.492 e. The Kier molecular flexibility index (Phi) is 10.4. The zero-order valence-corrected chi connectivity index (χ0v) is 19.4. The summed E-state index contributed by atoms with van der Waals surface area (Å²) in [6.07, 6.45) is 3.59. The molecule has 2 aliphatic rings.